The zero-order valence-electron chi connectivity index (χ0n) is 12.1. The number of nitrogens with zero attached hydrogens (tertiary/aromatic N) is 1. The lowest BCUT2D eigenvalue weighted by Gasteiger charge is -2.37. The second-order valence-electron chi connectivity index (χ2n) is 5.95. The predicted molar refractivity (Wildman–Crippen MR) is 80.0 cm³/mol. The van der Waals surface area contributed by atoms with E-state index in [2.05, 4.69) is 5.32 Å². The predicted octanol–water partition coefficient (Wildman–Crippen LogP) is 3.22. The molecule has 0 aliphatic carbocycles. The number of ether oxygens (including phenoxy) is 1. The number of benzene rings is 1. The summed E-state index contributed by atoms with van der Waals surface area (Å²) in [5.74, 6) is 0. The third-order valence-corrected chi connectivity index (χ3v) is 3.34. The van der Waals surface area contributed by atoms with Crippen LogP contribution in [0.15, 0.2) is 24.3 Å². The molecule has 1 saturated heterocycles. The first-order valence-corrected chi connectivity index (χ1v) is 7.20. The normalized spacial score (nSPS) is 19.8. The minimum Gasteiger partial charge on any atom is -0.444 e. The van der Waals surface area contributed by atoms with Crippen LogP contribution in [0, 0.1) is 0 Å². The Labute approximate surface area is 125 Å². The van der Waals surface area contributed by atoms with Crippen molar-refractivity contribution in [3.05, 3.63) is 34.9 Å². The number of carbonyl (C=O) groups excluding carboxylic acids is 1. The van der Waals surface area contributed by atoms with Crippen LogP contribution in [0.5, 0.6) is 0 Å². The van der Waals surface area contributed by atoms with Crippen LogP contribution >= 0.6 is 11.6 Å². The summed E-state index contributed by atoms with van der Waals surface area (Å²) in [7, 11) is 0. The van der Waals surface area contributed by atoms with Gasteiger partial charge in [-0.2, -0.15) is 0 Å². The maximum Gasteiger partial charge on any atom is 0.410 e. The van der Waals surface area contributed by atoms with Gasteiger partial charge in [-0.05, 0) is 38.5 Å². The van der Waals surface area contributed by atoms with Crippen LogP contribution in [0.4, 0.5) is 4.79 Å². The third-order valence-electron chi connectivity index (χ3n) is 3.10. The Hall–Kier alpha value is -1.26. The fourth-order valence-corrected chi connectivity index (χ4v) is 2.45. The molecule has 5 heteroatoms. The Bertz CT molecular complexity index is 485. The molecule has 1 N–H and O–H groups in total. The van der Waals surface area contributed by atoms with Crippen LogP contribution in [0.1, 0.15) is 32.4 Å². The fourth-order valence-electron chi connectivity index (χ4n) is 2.26. The maximum absolute atomic E-state index is 12.3. The van der Waals surface area contributed by atoms with E-state index in [1.807, 2.05) is 45.0 Å². The summed E-state index contributed by atoms with van der Waals surface area (Å²) in [6.45, 7) is 7.74. The Morgan fingerprint density at radius 2 is 2.20 bits per heavy atom. The van der Waals surface area contributed by atoms with Crippen molar-refractivity contribution in [1.82, 2.24) is 10.2 Å². The number of hydrogen-bond donors (Lipinski definition) is 1. The lowest BCUT2D eigenvalue weighted by molar-refractivity contribution is 0.0118. The van der Waals surface area contributed by atoms with Gasteiger partial charge in [-0.1, -0.05) is 23.7 Å². The lowest BCUT2D eigenvalue weighted by atomic mass is 10.0. The second kappa shape index (κ2) is 6.02. The van der Waals surface area contributed by atoms with Crippen LogP contribution in [0.25, 0.3) is 0 Å². The number of rotatable bonds is 1. The molecule has 0 bridgehead atoms. The molecule has 0 saturated carbocycles. The van der Waals surface area contributed by atoms with E-state index >= 15 is 0 Å². The topological polar surface area (TPSA) is 41.6 Å². The highest BCUT2D eigenvalue weighted by molar-refractivity contribution is 6.30. The number of nitrogens with one attached hydrogen (secondary N) is 1. The smallest absolute Gasteiger partial charge is 0.410 e. The second-order valence-corrected chi connectivity index (χ2v) is 6.39. The summed E-state index contributed by atoms with van der Waals surface area (Å²) in [6.07, 6.45) is -0.274. The van der Waals surface area contributed by atoms with E-state index in [-0.39, 0.29) is 12.1 Å². The molecule has 4 nitrogen and oxygen atoms in total. The average Bonchev–Trinajstić information content (AvgIpc) is 2.37. The highest BCUT2D eigenvalue weighted by atomic mass is 35.5. The van der Waals surface area contributed by atoms with Crippen LogP contribution in [-0.4, -0.2) is 36.2 Å². The van der Waals surface area contributed by atoms with Crippen molar-refractivity contribution in [3.63, 3.8) is 0 Å². The van der Waals surface area contributed by atoms with Crippen LogP contribution in [0.2, 0.25) is 5.02 Å². The maximum atomic E-state index is 12.3. The van der Waals surface area contributed by atoms with E-state index in [1.165, 1.54) is 0 Å². The van der Waals surface area contributed by atoms with Gasteiger partial charge in [0, 0.05) is 24.7 Å². The minimum atomic E-state index is -0.485. The van der Waals surface area contributed by atoms with Crippen molar-refractivity contribution < 1.29 is 9.53 Å². The molecule has 1 aliphatic heterocycles. The lowest BCUT2D eigenvalue weighted by Crippen LogP contribution is -2.50. The van der Waals surface area contributed by atoms with Crippen molar-refractivity contribution in [2.45, 2.75) is 32.4 Å². The first-order valence-electron chi connectivity index (χ1n) is 6.82. The third kappa shape index (κ3) is 3.87. The van der Waals surface area contributed by atoms with E-state index in [9.17, 15) is 4.79 Å². The van der Waals surface area contributed by atoms with Gasteiger partial charge in [0.05, 0.1) is 6.04 Å². The molecule has 1 aromatic rings. The molecule has 1 heterocycles. The van der Waals surface area contributed by atoms with Gasteiger partial charge in [-0.3, -0.25) is 4.90 Å². The zero-order chi connectivity index (χ0) is 14.8. The Morgan fingerprint density at radius 3 is 2.85 bits per heavy atom. The molecule has 1 fully saturated rings. The molecule has 0 aromatic heterocycles. The molecule has 0 spiro atoms. The van der Waals surface area contributed by atoms with Gasteiger partial charge in [-0.25, -0.2) is 4.79 Å². The minimum absolute atomic E-state index is 0.0442. The van der Waals surface area contributed by atoms with Gasteiger partial charge in [0.15, 0.2) is 0 Å². The van der Waals surface area contributed by atoms with Gasteiger partial charge >= 0.3 is 6.09 Å². The van der Waals surface area contributed by atoms with Gasteiger partial charge in [0.25, 0.3) is 0 Å². The summed E-state index contributed by atoms with van der Waals surface area (Å²) < 4.78 is 5.49. The van der Waals surface area contributed by atoms with Crippen LogP contribution in [0.3, 0.4) is 0 Å². The Kier molecular flexibility index (Phi) is 4.55. The number of carbonyl (C=O) groups is 1. The fraction of sp³-hybridized carbons (Fsp3) is 0.533. The van der Waals surface area contributed by atoms with Crippen LogP contribution < -0.4 is 5.32 Å². The molecule has 2 rings (SSSR count). The highest BCUT2D eigenvalue weighted by Crippen LogP contribution is 2.26. The van der Waals surface area contributed by atoms with Crippen molar-refractivity contribution in [3.8, 4) is 0 Å². The Morgan fingerprint density at radius 1 is 1.45 bits per heavy atom. The summed E-state index contributed by atoms with van der Waals surface area (Å²) in [5.41, 5.74) is 0.538. The Balaban J connectivity index is 2.19. The quantitative estimate of drug-likeness (QED) is 0.865. The standard InChI is InChI=1S/C15H21ClN2O2/c1-15(2,3)20-14(19)18-8-7-17-10-13(18)11-5-4-6-12(16)9-11/h4-6,9,13,17H,7-8,10H2,1-3H3. The van der Waals surface area contributed by atoms with Crippen molar-refractivity contribution in [2.24, 2.45) is 0 Å². The van der Waals surface area contributed by atoms with E-state index in [4.69, 9.17) is 16.3 Å². The molecule has 1 aromatic carbocycles. The number of amides is 1. The molecular formula is C15H21ClN2O2. The van der Waals surface area contributed by atoms with E-state index < -0.39 is 5.60 Å². The monoisotopic (exact) mass is 296 g/mol. The zero-order valence-corrected chi connectivity index (χ0v) is 12.9. The molecule has 1 amide bonds. The number of halogens is 1. The summed E-state index contributed by atoms with van der Waals surface area (Å²) >= 11 is 6.04. The highest BCUT2D eigenvalue weighted by Gasteiger charge is 2.31. The summed E-state index contributed by atoms with van der Waals surface area (Å²) in [6, 6.07) is 7.58. The SMILES string of the molecule is CC(C)(C)OC(=O)N1CCNCC1c1cccc(Cl)c1. The van der Waals surface area contributed by atoms with Gasteiger partial charge < -0.3 is 10.1 Å². The van der Waals surface area contributed by atoms with Crippen molar-refractivity contribution in [1.29, 1.82) is 0 Å². The molecule has 1 atom stereocenters. The van der Waals surface area contributed by atoms with E-state index in [0.717, 1.165) is 12.1 Å². The van der Waals surface area contributed by atoms with Crippen molar-refractivity contribution >= 4 is 17.7 Å². The molecular weight excluding hydrogens is 276 g/mol. The molecule has 20 heavy (non-hydrogen) atoms. The number of hydrogen-bond acceptors (Lipinski definition) is 3. The van der Waals surface area contributed by atoms with E-state index in [0.29, 0.717) is 18.1 Å². The molecule has 0 radical (unpaired) electrons. The van der Waals surface area contributed by atoms with Gasteiger partial charge in [0.2, 0.25) is 0 Å². The first kappa shape index (κ1) is 15.1. The average molecular weight is 297 g/mol. The molecule has 1 unspecified atom stereocenters. The van der Waals surface area contributed by atoms with Crippen molar-refractivity contribution in [2.75, 3.05) is 19.6 Å². The van der Waals surface area contributed by atoms with Gasteiger partial charge in [-0.15, -0.1) is 0 Å². The van der Waals surface area contributed by atoms with Crippen LogP contribution in [-0.2, 0) is 4.74 Å². The molecule has 1 aliphatic rings. The van der Waals surface area contributed by atoms with E-state index in [1.54, 1.807) is 4.90 Å². The summed E-state index contributed by atoms with van der Waals surface area (Å²) in [4.78, 5) is 14.1. The summed E-state index contributed by atoms with van der Waals surface area (Å²) in [5, 5.41) is 3.99. The first-order chi connectivity index (χ1) is 9.37. The molecule has 110 valence electrons. The largest absolute Gasteiger partial charge is 0.444 e. The van der Waals surface area contributed by atoms with Gasteiger partial charge in [0.1, 0.15) is 5.60 Å². The number of piperazine rings is 1.